The average Bonchev–Trinajstić information content (AvgIpc) is 1.41. The van der Waals surface area contributed by atoms with Crippen LogP contribution in [0.3, 0.4) is 0 Å². The SMILES string of the molecule is COC=[O+][O-]. The fourth-order valence-electron chi connectivity index (χ4n) is 0.0393. The number of hydrogen-bond donors (Lipinski definition) is 0. The van der Waals surface area contributed by atoms with Gasteiger partial charge in [-0.05, 0) is 0 Å². The molecule has 0 aromatic heterocycles. The average molecular weight is 76.1 g/mol. The fourth-order valence-corrected chi connectivity index (χ4v) is 0.0393. The quantitative estimate of drug-likeness (QED) is 0.167. The molecule has 0 spiro atoms. The third-order valence-electron chi connectivity index (χ3n) is 0.136. The van der Waals surface area contributed by atoms with Crippen LogP contribution in [0.5, 0.6) is 0 Å². The van der Waals surface area contributed by atoms with Crippen molar-refractivity contribution in [2.75, 3.05) is 7.11 Å². The Labute approximate surface area is 29.4 Å². The molecule has 0 unspecified atom stereocenters. The molecule has 0 aliphatic rings. The van der Waals surface area contributed by atoms with Gasteiger partial charge in [-0.2, -0.15) is 0 Å². The summed E-state index contributed by atoms with van der Waals surface area (Å²) < 4.78 is 7.12. The zero-order chi connectivity index (χ0) is 4.12. The Hall–Kier alpha value is -0.730. The molecule has 0 heterocycles. The smallest absolute Gasteiger partial charge is 0.484 e. The lowest BCUT2D eigenvalue weighted by molar-refractivity contribution is -1.05. The molecule has 0 aromatic carbocycles. The molecule has 0 bridgehead atoms. The van der Waals surface area contributed by atoms with Gasteiger partial charge < -0.3 is 9.99 Å². The van der Waals surface area contributed by atoms with E-state index in [2.05, 4.69) is 9.31 Å². The van der Waals surface area contributed by atoms with Crippen LogP contribution in [0.4, 0.5) is 0 Å². The highest BCUT2D eigenvalue weighted by atomic mass is 17.1. The van der Waals surface area contributed by atoms with Gasteiger partial charge in [0.2, 0.25) is 0 Å². The molecule has 0 rings (SSSR count). The maximum Gasteiger partial charge on any atom is 0.484 e. The predicted molar refractivity (Wildman–Crippen MR) is 13.1 cm³/mol. The summed E-state index contributed by atoms with van der Waals surface area (Å²) in [5.74, 6) is 0. The lowest BCUT2D eigenvalue weighted by Crippen LogP contribution is -1.97. The van der Waals surface area contributed by atoms with E-state index in [1.165, 1.54) is 7.11 Å². The lowest BCUT2D eigenvalue weighted by atomic mass is 11.5. The summed E-state index contributed by atoms with van der Waals surface area (Å²) in [5.41, 5.74) is 0. The predicted octanol–water partition coefficient (Wildman–Crippen LogP) is -1.40. The van der Waals surface area contributed by atoms with Gasteiger partial charge in [0, 0.05) is 0 Å². The molecule has 0 aliphatic heterocycles. The van der Waals surface area contributed by atoms with E-state index < -0.39 is 0 Å². The summed E-state index contributed by atoms with van der Waals surface area (Å²) in [5, 5.41) is 8.85. The van der Waals surface area contributed by atoms with Crippen molar-refractivity contribution < 1.29 is 14.6 Å². The minimum Gasteiger partial charge on any atom is -0.588 e. The number of carbonyl (C=O) groups excluding carboxylic acids is 1. The molecule has 3 heteroatoms. The molecule has 0 atom stereocenters. The van der Waals surface area contributed by atoms with Gasteiger partial charge in [-0.25, -0.2) is 0 Å². The molecule has 0 aromatic rings. The van der Waals surface area contributed by atoms with Crippen LogP contribution in [-0.4, -0.2) is 13.6 Å². The van der Waals surface area contributed by atoms with Crippen molar-refractivity contribution in [2.45, 2.75) is 0 Å². The Kier molecular flexibility index (Phi) is 2.79. The van der Waals surface area contributed by atoms with Gasteiger partial charge >= 0.3 is 6.47 Å². The second-order valence-electron chi connectivity index (χ2n) is 0.428. The molecule has 0 aliphatic carbocycles. The molecule has 5 heavy (non-hydrogen) atoms. The first kappa shape index (κ1) is 4.27. The first-order valence-corrected chi connectivity index (χ1v) is 1.05. The number of ether oxygens (including phenoxy) is 1. The van der Waals surface area contributed by atoms with Crippen molar-refractivity contribution in [2.24, 2.45) is 0 Å². The molecule has 0 fully saturated rings. The van der Waals surface area contributed by atoms with Gasteiger partial charge in [-0.15, -0.1) is 0 Å². The highest BCUT2D eigenvalue weighted by Gasteiger charge is 1.62. The molecule has 0 saturated heterocycles. The maximum absolute atomic E-state index is 8.85. The summed E-state index contributed by atoms with van der Waals surface area (Å²) in [6, 6.07) is 0. The van der Waals surface area contributed by atoms with Crippen LogP contribution in [0.2, 0.25) is 0 Å². The molecule has 0 N–H and O–H groups in total. The van der Waals surface area contributed by atoms with Crippen LogP contribution in [-0.2, 0) is 9.31 Å². The Balaban J connectivity index is 2.62. The van der Waals surface area contributed by atoms with Crippen LogP contribution in [0.15, 0.2) is 0 Å². The van der Waals surface area contributed by atoms with Crippen LogP contribution >= 0.6 is 0 Å². The van der Waals surface area contributed by atoms with Gasteiger partial charge in [-0.1, -0.05) is 0 Å². The number of methoxy groups -OCH3 is 1. The summed E-state index contributed by atoms with van der Waals surface area (Å²) >= 11 is 0. The first-order valence-electron chi connectivity index (χ1n) is 1.05. The van der Waals surface area contributed by atoms with Crippen molar-refractivity contribution in [3.63, 3.8) is 0 Å². The summed E-state index contributed by atoms with van der Waals surface area (Å²) in [4.78, 5) is 0. The summed E-state index contributed by atoms with van der Waals surface area (Å²) in [6.45, 7) is 0.694. The normalized spacial score (nSPS) is 9.00. The van der Waals surface area contributed by atoms with Gasteiger partial charge in [-0.3, -0.25) is 4.58 Å². The molecule has 0 radical (unpaired) electrons. The molecular weight excluding hydrogens is 72.0 g/mol. The zero-order valence-electron chi connectivity index (χ0n) is 2.80. The monoisotopic (exact) mass is 76.0 g/mol. The second-order valence-corrected chi connectivity index (χ2v) is 0.428. The zero-order valence-corrected chi connectivity index (χ0v) is 2.80. The van der Waals surface area contributed by atoms with E-state index in [0.29, 0.717) is 6.47 Å². The van der Waals surface area contributed by atoms with E-state index in [1.54, 1.807) is 0 Å². The standard InChI is InChI=1S/C2H4O3/c1-4-2-5-3/h2H,1H3. The lowest BCUT2D eigenvalue weighted by Gasteiger charge is -1.69. The fraction of sp³-hybridized carbons (Fsp3) is 0.500. The number of hydrogen-bond acceptors (Lipinski definition) is 2. The van der Waals surface area contributed by atoms with Crippen molar-refractivity contribution in [1.29, 1.82) is 0 Å². The van der Waals surface area contributed by atoms with Gasteiger partial charge in [0.1, 0.15) is 0 Å². The maximum atomic E-state index is 8.85. The van der Waals surface area contributed by atoms with Crippen LogP contribution in [0.1, 0.15) is 0 Å². The minimum absolute atomic E-state index is 0.694. The third-order valence-corrected chi connectivity index (χ3v) is 0.136. The van der Waals surface area contributed by atoms with E-state index in [1.807, 2.05) is 0 Å². The largest absolute Gasteiger partial charge is 0.588 e. The van der Waals surface area contributed by atoms with Crippen LogP contribution < -0.4 is 5.26 Å². The molecule has 3 nitrogen and oxygen atoms in total. The first-order chi connectivity index (χ1) is 2.41. The highest BCUT2D eigenvalue weighted by Crippen LogP contribution is 1.38. The molecule has 0 saturated carbocycles. The van der Waals surface area contributed by atoms with E-state index in [4.69, 9.17) is 5.26 Å². The van der Waals surface area contributed by atoms with E-state index >= 15 is 0 Å². The van der Waals surface area contributed by atoms with Crippen molar-refractivity contribution >= 4 is 6.47 Å². The Morgan fingerprint density at radius 2 is 2.60 bits per heavy atom. The number of rotatable bonds is 1. The van der Waals surface area contributed by atoms with E-state index in [0.717, 1.165) is 0 Å². The second kappa shape index (κ2) is 3.27. The van der Waals surface area contributed by atoms with Gasteiger partial charge in [0.05, 0.1) is 0 Å². The Morgan fingerprint density at radius 1 is 2.00 bits per heavy atom. The van der Waals surface area contributed by atoms with Crippen LogP contribution in [0, 0.1) is 0 Å². The van der Waals surface area contributed by atoms with Crippen molar-refractivity contribution in [3.8, 4) is 0 Å². The van der Waals surface area contributed by atoms with E-state index in [-0.39, 0.29) is 0 Å². The van der Waals surface area contributed by atoms with Crippen LogP contribution in [0.25, 0.3) is 0 Å². The highest BCUT2D eigenvalue weighted by molar-refractivity contribution is 5.36. The molecule has 30 valence electrons. The van der Waals surface area contributed by atoms with Gasteiger partial charge in [0.25, 0.3) is 0 Å². The summed E-state index contributed by atoms with van der Waals surface area (Å²) in [7, 11) is 1.33. The van der Waals surface area contributed by atoms with E-state index in [9.17, 15) is 0 Å². The Bertz CT molecular complexity index is 31.9. The topological polar surface area (TPSA) is 43.6 Å². The third kappa shape index (κ3) is 3.27. The Morgan fingerprint density at radius 3 is 2.60 bits per heavy atom. The molecular formula is C2H4O3. The van der Waals surface area contributed by atoms with Gasteiger partial charge in [0.15, 0.2) is 7.11 Å². The van der Waals surface area contributed by atoms with Crippen molar-refractivity contribution in [1.82, 2.24) is 0 Å². The summed E-state index contributed by atoms with van der Waals surface area (Å²) in [6.07, 6.45) is 0. The minimum atomic E-state index is 0.694. The van der Waals surface area contributed by atoms with Crippen molar-refractivity contribution in [3.05, 3.63) is 0 Å². The molecule has 0 amide bonds.